The summed E-state index contributed by atoms with van der Waals surface area (Å²) in [5, 5.41) is 6.32. The van der Waals surface area contributed by atoms with Crippen molar-refractivity contribution in [3.63, 3.8) is 0 Å². The van der Waals surface area contributed by atoms with Crippen LogP contribution in [-0.4, -0.2) is 31.1 Å². The summed E-state index contributed by atoms with van der Waals surface area (Å²) in [6.07, 6.45) is -2.06. The number of nitrogens with zero attached hydrogens (tertiary/aromatic N) is 2. The first-order valence-corrected chi connectivity index (χ1v) is 8.59. The molecule has 0 aliphatic rings. The number of hydrogen-bond acceptors (Lipinski definition) is 3. The number of aromatic nitrogens is 1. The van der Waals surface area contributed by atoms with Crippen molar-refractivity contribution >= 4 is 5.96 Å². The van der Waals surface area contributed by atoms with E-state index in [1.165, 1.54) is 12.1 Å². The first-order chi connectivity index (χ1) is 12.9. The van der Waals surface area contributed by atoms with Gasteiger partial charge in [0, 0.05) is 25.4 Å². The van der Waals surface area contributed by atoms with Crippen molar-refractivity contribution in [2.24, 2.45) is 4.99 Å². The van der Waals surface area contributed by atoms with Gasteiger partial charge in [-0.15, -0.1) is 0 Å². The fourth-order valence-electron chi connectivity index (χ4n) is 2.36. The lowest BCUT2D eigenvalue weighted by molar-refractivity contribution is -0.137. The summed E-state index contributed by atoms with van der Waals surface area (Å²) in [5.74, 6) is 1.17. The fourth-order valence-corrected chi connectivity index (χ4v) is 2.36. The van der Waals surface area contributed by atoms with Gasteiger partial charge in [-0.3, -0.25) is 0 Å². The number of nitrogens with one attached hydrogen (secondary N) is 2. The second-order valence-electron chi connectivity index (χ2n) is 5.77. The second kappa shape index (κ2) is 9.80. The van der Waals surface area contributed by atoms with Crippen LogP contribution in [0.5, 0.6) is 5.88 Å². The summed E-state index contributed by atoms with van der Waals surface area (Å²) < 4.78 is 42.9. The van der Waals surface area contributed by atoms with Gasteiger partial charge in [0.1, 0.15) is 0 Å². The normalized spacial score (nSPS) is 12.0. The lowest BCUT2D eigenvalue weighted by Gasteiger charge is -2.12. The molecule has 1 aromatic carbocycles. The molecule has 2 N–H and O–H groups in total. The van der Waals surface area contributed by atoms with Gasteiger partial charge < -0.3 is 15.4 Å². The predicted octanol–water partition coefficient (Wildman–Crippen LogP) is 3.41. The van der Waals surface area contributed by atoms with Gasteiger partial charge in [-0.2, -0.15) is 13.2 Å². The Labute approximate surface area is 156 Å². The number of guanidine groups is 1. The van der Waals surface area contributed by atoms with E-state index in [1.807, 2.05) is 19.1 Å². The maximum Gasteiger partial charge on any atom is 0.416 e. The molecular formula is C19H23F3N4O. The van der Waals surface area contributed by atoms with E-state index >= 15 is 0 Å². The van der Waals surface area contributed by atoms with Gasteiger partial charge >= 0.3 is 6.18 Å². The van der Waals surface area contributed by atoms with Crippen molar-refractivity contribution < 1.29 is 17.9 Å². The predicted molar refractivity (Wildman–Crippen MR) is 98.8 cm³/mol. The minimum Gasteiger partial charge on any atom is -0.481 e. The highest BCUT2D eigenvalue weighted by Crippen LogP contribution is 2.29. The van der Waals surface area contributed by atoms with E-state index in [2.05, 4.69) is 20.6 Å². The number of ether oxygens (including phenoxy) is 1. The number of aliphatic imine (C=N–C) groups is 1. The molecule has 0 atom stereocenters. The molecule has 0 bridgehead atoms. The molecule has 1 heterocycles. The molecule has 0 spiro atoms. The Morgan fingerprint density at radius 2 is 1.85 bits per heavy atom. The van der Waals surface area contributed by atoms with E-state index in [-0.39, 0.29) is 0 Å². The van der Waals surface area contributed by atoms with Crippen LogP contribution in [0.1, 0.15) is 23.6 Å². The van der Waals surface area contributed by atoms with E-state index in [1.54, 1.807) is 13.3 Å². The van der Waals surface area contributed by atoms with Crippen LogP contribution in [0.3, 0.4) is 0 Å². The van der Waals surface area contributed by atoms with Gasteiger partial charge in [-0.25, -0.2) is 9.98 Å². The summed E-state index contributed by atoms with van der Waals surface area (Å²) in [5.41, 5.74) is 1.15. The number of methoxy groups -OCH3 is 1. The Balaban J connectivity index is 1.90. The maximum atomic E-state index is 12.6. The van der Waals surface area contributed by atoms with Gasteiger partial charge in [0.2, 0.25) is 5.88 Å². The van der Waals surface area contributed by atoms with Gasteiger partial charge in [-0.1, -0.05) is 12.1 Å². The molecule has 27 heavy (non-hydrogen) atoms. The minimum absolute atomic E-state index is 0.453. The molecule has 0 fully saturated rings. The van der Waals surface area contributed by atoms with Crippen molar-refractivity contribution in [3.8, 4) is 5.88 Å². The molecule has 0 amide bonds. The minimum atomic E-state index is -4.31. The van der Waals surface area contributed by atoms with Crippen molar-refractivity contribution in [3.05, 3.63) is 59.3 Å². The number of pyridine rings is 1. The molecule has 0 saturated carbocycles. The van der Waals surface area contributed by atoms with Crippen LogP contribution in [-0.2, 0) is 19.1 Å². The molecule has 1 aromatic heterocycles. The zero-order valence-electron chi connectivity index (χ0n) is 15.3. The van der Waals surface area contributed by atoms with Crippen molar-refractivity contribution in [2.75, 3.05) is 20.2 Å². The summed E-state index contributed by atoms with van der Waals surface area (Å²) in [6, 6.07) is 8.87. The lowest BCUT2D eigenvalue weighted by atomic mass is 10.1. The summed E-state index contributed by atoms with van der Waals surface area (Å²) in [4.78, 5) is 8.55. The molecule has 0 aliphatic heterocycles. The standard InChI is InChI=1S/C19H23F3N4O/c1-3-23-18(26-13-15-9-10-24-17(12-15)27-2)25-11-8-14-4-6-16(7-5-14)19(20,21)22/h4-7,9-10,12H,3,8,11,13H2,1-2H3,(H2,23,25,26). The van der Waals surface area contributed by atoms with E-state index in [9.17, 15) is 13.2 Å². The highest BCUT2D eigenvalue weighted by atomic mass is 19.4. The molecule has 0 saturated heterocycles. The van der Waals surface area contributed by atoms with Gasteiger partial charge in [0.05, 0.1) is 19.2 Å². The summed E-state index contributed by atoms with van der Waals surface area (Å²) >= 11 is 0. The number of hydrogen-bond donors (Lipinski definition) is 2. The van der Waals surface area contributed by atoms with Crippen LogP contribution in [0.15, 0.2) is 47.6 Å². The molecule has 146 valence electrons. The third kappa shape index (κ3) is 6.80. The van der Waals surface area contributed by atoms with Crippen LogP contribution in [0.4, 0.5) is 13.2 Å². The van der Waals surface area contributed by atoms with Gasteiger partial charge in [-0.05, 0) is 42.7 Å². The van der Waals surface area contributed by atoms with E-state index in [4.69, 9.17) is 4.74 Å². The smallest absolute Gasteiger partial charge is 0.416 e. The lowest BCUT2D eigenvalue weighted by Crippen LogP contribution is -2.38. The number of halogens is 3. The quantitative estimate of drug-likeness (QED) is 0.571. The zero-order chi connectivity index (χ0) is 19.7. The second-order valence-corrected chi connectivity index (χ2v) is 5.77. The van der Waals surface area contributed by atoms with Crippen LogP contribution in [0.25, 0.3) is 0 Å². The highest BCUT2D eigenvalue weighted by Gasteiger charge is 2.29. The Kier molecular flexibility index (Phi) is 7.45. The van der Waals surface area contributed by atoms with Crippen molar-refractivity contribution in [2.45, 2.75) is 26.1 Å². The van der Waals surface area contributed by atoms with E-state index < -0.39 is 11.7 Å². The molecular weight excluding hydrogens is 357 g/mol. The Morgan fingerprint density at radius 1 is 1.11 bits per heavy atom. The van der Waals surface area contributed by atoms with E-state index in [0.29, 0.717) is 37.9 Å². The SMILES string of the molecule is CCNC(=NCc1ccnc(OC)c1)NCCc1ccc(C(F)(F)F)cc1. The first-order valence-electron chi connectivity index (χ1n) is 8.59. The molecule has 0 radical (unpaired) electrons. The van der Waals surface area contributed by atoms with Crippen LogP contribution >= 0.6 is 0 Å². The Hall–Kier alpha value is -2.77. The molecule has 5 nitrogen and oxygen atoms in total. The fraction of sp³-hybridized carbons (Fsp3) is 0.368. The molecule has 8 heteroatoms. The summed E-state index contributed by atoms with van der Waals surface area (Å²) in [6.45, 7) is 3.67. The van der Waals surface area contributed by atoms with Gasteiger partial charge in [0.15, 0.2) is 5.96 Å². The third-order valence-corrected chi connectivity index (χ3v) is 3.76. The first kappa shape index (κ1) is 20.5. The molecule has 2 aromatic rings. The maximum absolute atomic E-state index is 12.6. The Morgan fingerprint density at radius 3 is 2.48 bits per heavy atom. The highest BCUT2D eigenvalue weighted by molar-refractivity contribution is 5.79. The van der Waals surface area contributed by atoms with Crippen LogP contribution < -0.4 is 15.4 Å². The molecule has 0 aliphatic carbocycles. The van der Waals surface area contributed by atoms with Crippen molar-refractivity contribution in [1.29, 1.82) is 0 Å². The Bertz CT molecular complexity index is 745. The van der Waals surface area contributed by atoms with E-state index in [0.717, 1.165) is 23.3 Å². The number of alkyl halides is 3. The third-order valence-electron chi connectivity index (χ3n) is 3.76. The average Bonchev–Trinajstić information content (AvgIpc) is 2.66. The number of benzene rings is 1. The zero-order valence-corrected chi connectivity index (χ0v) is 15.3. The summed E-state index contributed by atoms with van der Waals surface area (Å²) in [7, 11) is 1.56. The van der Waals surface area contributed by atoms with Gasteiger partial charge in [0.25, 0.3) is 0 Å². The number of rotatable bonds is 7. The van der Waals surface area contributed by atoms with Crippen LogP contribution in [0, 0.1) is 0 Å². The largest absolute Gasteiger partial charge is 0.481 e. The van der Waals surface area contributed by atoms with Crippen LogP contribution in [0.2, 0.25) is 0 Å². The molecule has 2 rings (SSSR count). The monoisotopic (exact) mass is 380 g/mol. The topological polar surface area (TPSA) is 58.5 Å². The van der Waals surface area contributed by atoms with Crippen molar-refractivity contribution in [1.82, 2.24) is 15.6 Å². The molecule has 0 unspecified atom stereocenters. The average molecular weight is 380 g/mol.